The molecular formula is C29H26ClN3O2S. The summed E-state index contributed by atoms with van der Waals surface area (Å²) >= 11 is 7.39. The molecule has 1 N–H and O–H groups in total. The molecule has 5 nitrogen and oxygen atoms in total. The maximum Gasteiger partial charge on any atom is 0.269 e. The Kier molecular flexibility index (Phi) is 7.83. The van der Waals surface area contributed by atoms with E-state index in [2.05, 4.69) is 25.2 Å². The van der Waals surface area contributed by atoms with Crippen molar-refractivity contribution in [3.63, 3.8) is 0 Å². The lowest BCUT2D eigenvalue weighted by molar-refractivity contribution is -0.117. The number of aryl methyl sites for hydroxylation is 1. The Bertz CT molecular complexity index is 1380. The molecule has 0 bridgehead atoms. The predicted octanol–water partition coefficient (Wildman–Crippen LogP) is 6.84. The molecule has 2 amide bonds. The molecule has 4 rings (SSSR count). The molecule has 3 aromatic rings. The molecule has 36 heavy (non-hydrogen) atoms. The third-order valence-electron chi connectivity index (χ3n) is 5.91. The van der Waals surface area contributed by atoms with Gasteiger partial charge >= 0.3 is 0 Å². The van der Waals surface area contributed by atoms with E-state index in [1.807, 2.05) is 67.6 Å². The fourth-order valence-electron chi connectivity index (χ4n) is 4.02. The van der Waals surface area contributed by atoms with Crippen LogP contribution in [0, 0.1) is 18.3 Å². The Labute approximate surface area is 220 Å². The van der Waals surface area contributed by atoms with Crippen LogP contribution in [0.1, 0.15) is 36.5 Å². The van der Waals surface area contributed by atoms with Gasteiger partial charge in [0.1, 0.15) is 16.7 Å². The van der Waals surface area contributed by atoms with E-state index in [-0.39, 0.29) is 11.5 Å². The minimum absolute atomic E-state index is 0.101. The van der Waals surface area contributed by atoms with Crippen LogP contribution in [0.4, 0.5) is 11.4 Å². The maximum absolute atomic E-state index is 13.7. The first-order valence-electron chi connectivity index (χ1n) is 11.6. The number of benzene rings is 3. The molecular weight excluding hydrogens is 490 g/mol. The first-order chi connectivity index (χ1) is 17.3. The standard InChI is InChI=1S/C29H26ClN3O2S/c1-18(2)21-10-12-24(13-11-21)33-28(35)26(16-20-7-5-8-22(30)15-20)36-29(33)25(17-31)27(34)32-23-9-4-6-19(3)14-23/h4-15,18,26H,16H2,1-3H3,(H,32,34)/b29-25-. The van der Waals surface area contributed by atoms with E-state index < -0.39 is 11.2 Å². The number of nitrogens with one attached hydrogen (secondary N) is 1. The molecule has 0 radical (unpaired) electrons. The van der Waals surface area contributed by atoms with Gasteiger partial charge in [0.05, 0.1) is 5.25 Å². The Morgan fingerprint density at radius 2 is 1.83 bits per heavy atom. The van der Waals surface area contributed by atoms with Crippen LogP contribution in [0.5, 0.6) is 0 Å². The number of rotatable bonds is 6. The Balaban J connectivity index is 1.73. The van der Waals surface area contributed by atoms with Crippen molar-refractivity contribution in [1.82, 2.24) is 0 Å². The molecule has 1 saturated heterocycles. The number of carbonyl (C=O) groups is 2. The molecule has 1 heterocycles. The summed E-state index contributed by atoms with van der Waals surface area (Å²) in [7, 11) is 0. The molecule has 1 atom stereocenters. The first kappa shape index (κ1) is 25.6. The van der Waals surface area contributed by atoms with Gasteiger partial charge in [0.25, 0.3) is 5.91 Å². The van der Waals surface area contributed by atoms with Crippen LogP contribution in [-0.2, 0) is 16.0 Å². The highest BCUT2D eigenvalue weighted by molar-refractivity contribution is 8.05. The van der Waals surface area contributed by atoms with Gasteiger partial charge in [-0.25, -0.2) is 0 Å². The number of halogens is 1. The van der Waals surface area contributed by atoms with E-state index in [0.29, 0.717) is 33.8 Å². The van der Waals surface area contributed by atoms with E-state index in [1.54, 1.807) is 12.1 Å². The van der Waals surface area contributed by atoms with Gasteiger partial charge in [0.2, 0.25) is 5.91 Å². The van der Waals surface area contributed by atoms with E-state index >= 15 is 0 Å². The molecule has 3 aromatic carbocycles. The Hall–Kier alpha value is -3.53. The Morgan fingerprint density at radius 1 is 1.11 bits per heavy atom. The van der Waals surface area contributed by atoms with Gasteiger partial charge in [-0.3, -0.25) is 14.5 Å². The molecule has 0 spiro atoms. The van der Waals surface area contributed by atoms with Gasteiger partial charge in [-0.2, -0.15) is 5.26 Å². The highest BCUT2D eigenvalue weighted by atomic mass is 35.5. The van der Waals surface area contributed by atoms with Crippen LogP contribution >= 0.6 is 23.4 Å². The second-order valence-electron chi connectivity index (χ2n) is 8.98. The predicted molar refractivity (Wildman–Crippen MR) is 147 cm³/mol. The van der Waals surface area contributed by atoms with E-state index in [1.165, 1.54) is 16.7 Å². The number of anilines is 2. The summed E-state index contributed by atoms with van der Waals surface area (Å²) in [6.07, 6.45) is 0.423. The van der Waals surface area contributed by atoms with Crippen molar-refractivity contribution in [2.24, 2.45) is 0 Å². The smallest absolute Gasteiger partial charge is 0.269 e. The van der Waals surface area contributed by atoms with Crippen molar-refractivity contribution in [3.05, 3.63) is 105 Å². The summed E-state index contributed by atoms with van der Waals surface area (Å²) in [5.41, 5.74) is 4.14. The van der Waals surface area contributed by atoms with Gasteiger partial charge in [-0.05, 0) is 72.4 Å². The quantitative estimate of drug-likeness (QED) is 0.288. The van der Waals surface area contributed by atoms with E-state index in [0.717, 1.165) is 16.7 Å². The van der Waals surface area contributed by atoms with Crippen LogP contribution in [-0.4, -0.2) is 17.1 Å². The fraction of sp³-hybridized carbons (Fsp3) is 0.207. The largest absolute Gasteiger partial charge is 0.321 e. The van der Waals surface area contributed by atoms with Gasteiger partial charge in [-0.15, -0.1) is 0 Å². The summed E-state index contributed by atoms with van der Waals surface area (Å²) in [5, 5.41) is 13.3. The summed E-state index contributed by atoms with van der Waals surface area (Å²) in [6.45, 7) is 6.12. The molecule has 0 aromatic heterocycles. The van der Waals surface area contributed by atoms with Crippen molar-refractivity contribution < 1.29 is 9.59 Å². The maximum atomic E-state index is 13.7. The molecule has 7 heteroatoms. The van der Waals surface area contributed by atoms with E-state index in [9.17, 15) is 14.9 Å². The topological polar surface area (TPSA) is 73.2 Å². The third-order valence-corrected chi connectivity index (χ3v) is 7.41. The highest BCUT2D eigenvalue weighted by Crippen LogP contribution is 2.42. The van der Waals surface area contributed by atoms with Crippen molar-refractivity contribution in [3.8, 4) is 6.07 Å². The summed E-state index contributed by atoms with van der Waals surface area (Å²) in [6, 6.07) is 24.4. The Morgan fingerprint density at radius 3 is 2.47 bits per heavy atom. The lowest BCUT2D eigenvalue weighted by Gasteiger charge is -2.19. The minimum Gasteiger partial charge on any atom is -0.321 e. The van der Waals surface area contributed by atoms with Crippen molar-refractivity contribution in [2.45, 2.75) is 38.4 Å². The van der Waals surface area contributed by atoms with Crippen LogP contribution in [0.15, 0.2) is 83.4 Å². The van der Waals surface area contributed by atoms with E-state index in [4.69, 9.17) is 11.6 Å². The lowest BCUT2D eigenvalue weighted by Crippen LogP contribution is -2.31. The molecule has 1 unspecified atom stereocenters. The van der Waals surface area contributed by atoms with Crippen LogP contribution in [0.25, 0.3) is 0 Å². The zero-order valence-corrected chi connectivity index (χ0v) is 21.9. The number of thioether (sulfide) groups is 1. The van der Waals surface area contributed by atoms with Crippen LogP contribution in [0.3, 0.4) is 0 Å². The van der Waals surface area contributed by atoms with Crippen LogP contribution in [0.2, 0.25) is 5.02 Å². The monoisotopic (exact) mass is 515 g/mol. The average molecular weight is 516 g/mol. The fourth-order valence-corrected chi connectivity index (χ4v) is 5.55. The summed E-state index contributed by atoms with van der Waals surface area (Å²) in [5.74, 6) is -0.392. The van der Waals surface area contributed by atoms with Gasteiger partial charge in [0, 0.05) is 16.4 Å². The molecule has 182 valence electrons. The van der Waals surface area contributed by atoms with Crippen molar-refractivity contribution in [1.29, 1.82) is 5.26 Å². The van der Waals surface area contributed by atoms with Gasteiger partial charge in [-0.1, -0.05) is 73.6 Å². The normalized spacial score (nSPS) is 16.7. The molecule has 1 aliphatic heterocycles. The molecule has 0 saturated carbocycles. The van der Waals surface area contributed by atoms with Crippen LogP contribution < -0.4 is 10.2 Å². The van der Waals surface area contributed by atoms with Crippen molar-refractivity contribution >= 4 is 46.6 Å². The highest BCUT2D eigenvalue weighted by Gasteiger charge is 2.40. The van der Waals surface area contributed by atoms with Crippen molar-refractivity contribution in [2.75, 3.05) is 10.2 Å². The second kappa shape index (κ2) is 11.0. The number of carbonyl (C=O) groups excluding carboxylic acids is 2. The molecule has 0 aliphatic carbocycles. The number of hydrogen-bond acceptors (Lipinski definition) is 4. The number of amides is 2. The number of nitrogens with zero attached hydrogens (tertiary/aromatic N) is 2. The first-order valence-corrected chi connectivity index (χ1v) is 12.9. The zero-order chi connectivity index (χ0) is 25.8. The lowest BCUT2D eigenvalue weighted by atomic mass is 10.0. The summed E-state index contributed by atoms with van der Waals surface area (Å²) < 4.78 is 0. The SMILES string of the molecule is Cc1cccc(NC(=O)/C(C#N)=C2\SC(Cc3cccc(Cl)c3)C(=O)N2c2ccc(C(C)C)cc2)c1. The third kappa shape index (κ3) is 5.64. The van der Waals surface area contributed by atoms with Gasteiger partial charge in [0.15, 0.2) is 0 Å². The average Bonchev–Trinajstić information content (AvgIpc) is 3.15. The van der Waals surface area contributed by atoms with Gasteiger partial charge < -0.3 is 5.32 Å². The molecule has 1 fully saturated rings. The molecule has 1 aliphatic rings. The number of nitriles is 1. The number of hydrogen-bond donors (Lipinski definition) is 1. The minimum atomic E-state index is -0.550. The second-order valence-corrected chi connectivity index (χ2v) is 10.6. The zero-order valence-electron chi connectivity index (χ0n) is 20.3. The summed E-state index contributed by atoms with van der Waals surface area (Å²) in [4.78, 5) is 28.4.